The zero-order chi connectivity index (χ0) is 17.9. The van der Waals surface area contributed by atoms with Gasteiger partial charge in [-0.15, -0.1) is 0 Å². The molecule has 1 fully saturated rings. The first kappa shape index (κ1) is 16.2. The van der Waals surface area contributed by atoms with Crippen LogP contribution in [0.25, 0.3) is 0 Å². The van der Waals surface area contributed by atoms with Crippen LogP contribution >= 0.6 is 0 Å². The molecule has 2 aromatic rings. The molecule has 26 heavy (non-hydrogen) atoms. The van der Waals surface area contributed by atoms with E-state index >= 15 is 0 Å². The van der Waals surface area contributed by atoms with E-state index in [2.05, 4.69) is 15.6 Å². The molecule has 1 unspecified atom stereocenters. The lowest BCUT2D eigenvalue weighted by Gasteiger charge is -2.22. The van der Waals surface area contributed by atoms with E-state index in [1.807, 2.05) is 6.07 Å². The molecular weight excluding hydrogens is 336 g/mol. The number of hydrogen-bond acceptors (Lipinski definition) is 5. The van der Waals surface area contributed by atoms with Gasteiger partial charge in [0.1, 0.15) is 13.2 Å². The van der Waals surface area contributed by atoms with Gasteiger partial charge in [0.2, 0.25) is 5.91 Å². The van der Waals surface area contributed by atoms with Crippen molar-refractivity contribution < 1.29 is 19.1 Å². The molecule has 3 heterocycles. The fourth-order valence-electron chi connectivity index (χ4n) is 3.04. The van der Waals surface area contributed by atoms with Crippen LogP contribution in [-0.4, -0.2) is 42.7 Å². The molecule has 0 aliphatic carbocycles. The first-order chi connectivity index (χ1) is 12.7. The van der Waals surface area contributed by atoms with Gasteiger partial charge < -0.3 is 25.0 Å². The number of hydrogen-bond donors (Lipinski definition) is 2. The van der Waals surface area contributed by atoms with Crippen LogP contribution in [0.5, 0.6) is 11.5 Å². The molecule has 3 amide bonds. The van der Waals surface area contributed by atoms with Gasteiger partial charge in [0, 0.05) is 42.8 Å². The number of anilines is 2. The van der Waals surface area contributed by atoms with Crippen molar-refractivity contribution in [2.24, 2.45) is 0 Å². The molecule has 0 spiro atoms. The Balaban J connectivity index is 1.40. The van der Waals surface area contributed by atoms with Crippen molar-refractivity contribution in [3.05, 3.63) is 42.7 Å². The number of ether oxygens (including phenoxy) is 2. The highest BCUT2D eigenvalue weighted by atomic mass is 16.6. The molecule has 2 aliphatic heterocycles. The van der Waals surface area contributed by atoms with Gasteiger partial charge in [0.25, 0.3) is 0 Å². The highest BCUT2D eigenvalue weighted by Gasteiger charge is 2.32. The topological polar surface area (TPSA) is 92.8 Å². The monoisotopic (exact) mass is 354 g/mol. The van der Waals surface area contributed by atoms with Crippen molar-refractivity contribution in [1.82, 2.24) is 10.3 Å². The summed E-state index contributed by atoms with van der Waals surface area (Å²) >= 11 is 0. The van der Waals surface area contributed by atoms with Crippen molar-refractivity contribution in [3.8, 4) is 11.5 Å². The SMILES string of the molecule is O=C(Nc1ccncc1)NC1CC(=O)N(c2ccc3c(c2)OCCO3)C1. The molecule has 0 saturated carbocycles. The summed E-state index contributed by atoms with van der Waals surface area (Å²) in [7, 11) is 0. The third-order valence-electron chi connectivity index (χ3n) is 4.24. The number of nitrogens with zero attached hydrogens (tertiary/aromatic N) is 2. The second-order valence-corrected chi connectivity index (χ2v) is 6.07. The second-order valence-electron chi connectivity index (χ2n) is 6.07. The number of pyridine rings is 1. The van der Waals surface area contributed by atoms with E-state index in [1.165, 1.54) is 0 Å². The van der Waals surface area contributed by atoms with Crippen molar-refractivity contribution in [1.29, 1.82) is 0 Å². The molecule has 1 aromatic carbocycles. The quantitative estimate of drug-likeness (QED) is 0.876. The number of amides is 3. The summed E-state index contributed by atoms with van der Waals surface area (Å²) < 4.78 is 11.1. The molecule has 8 nitrogen and oxygen atoms in total. The van der Waals surface area contributed by atoms with Gasteiger partial charge in [-0.25, -0.2) is 4.79 Å². The summed E-state index contributed by atoms with van der Waals surface area (Å²) in [6.07, 6.45) is 3.44. The Hall–Kier alpha value is -3.29. The third-order valence-corrected chi connectivity index (χ3v) is 4.24. The third kappa shape index (κ3) is 3.39. The lowest BCUT2D eigenvalue weighted by Crippen LogP contribution is -2.39. The van der Waals surface area contributed by atoms with Crippen LogP contribution in [0.2, 0.25) is 0 Å². The Kier molecular flexibility index (Phi) is 4.30. The summed E-state index contributed by atoms with van der Waals surface area (Å²) in [5, 5.41) is 5.55. The smallest absolute Gasteiger partial charge is 0.319 e. The molecule has 4 rings (SSSR count). The maximum Gasteiger partial charge on any atom is 0.319 e. The Morgan fingerprint density at radius 1 is 1.12 bits per heavy atom. The molecule has 2 N–H and O–H groups in total. The average molecular weight is 354 g/mol. The molecule has 1 atom stereocenters. The Morgan fingerprint density at radius 3 is 2.69 bits per heavy atom. The second kappa shape index (κ2) is 6.91. The van der Waals surface area contributed by atoms with E-state index in [9.17, 15) is 9.59 Å². The first-order valence-electron chi connectivity index (χ1n) is 8.36. The highest BCUT2D eigenvalue weighted by Crippen LogP contribution is 2.35. The minimum atomic E-state index is -0.349. The van der Waals surface area contributed by atoms with Crippen molar-refractivity contribution in [3.63, 3.8) is 0 Å². The fourth-order valence-corrected chi connectivity index (χ4v) is 3.04. The Morgan fingerprint density at radius 2 is 1.88 bits per heavy atom. The van der Waals surface area contributed by atoms with Gasteiger partial charge in [-0.3, -0.25) is 9.78 Å². The van der Waals surface area contributed by atoms with Crippen LogP contribution < -0.4 is 25.0 Å². The zero-order valence-electron chi connectivity index (χ0n) is 14.0. The predicted molar refractivity (Wildman–Crippen MR) is 94.6 cm³/mol. The van der Waals surface area contributed by atoms with Crippen molar-refractivity contribution in [2.75, 3.05) is 30.0 Å². The fraction of sp³-hybridized carbons (Fsp3) is 0.278. The first-order valence-corrected chi connectivity index (χ1v) is 8.36. The van der Waals surface area contributed by atoms with Gasteiger partial charge >= 0.3 is 6.03 Å². The van der Waals surface area contributed by atoms with E-state index < -0.39 is 0 Å². The van der Waals surface area contributed by atoms with Crippen LogP contribution in [-0.2, 0) is 4.79 Å². The summed E-state index contributed by atoms with van der Waals surface area (Å²) in [5.41, 5.74) is 1.38. The van der Waals surface area contributed by atoms with Crippen LogP contribution in [0.4, 0.5) is 16.2 Å². The molecular formula is C18H18N4O4. The minimum absolute atomic E-state index is 0.0455. The maximum atomic E-state index is 12.4. The molecule has 134 valence electrons. The number of nitrogens with one attached hydrogen (secondary N) is 2. The van der Waals surface area contributed by atoms with Gasteiger partial charge in [-0.1, -0.05) is 0 Å². The summed E-state index contributed by atoms with van der Waals surface area (Å²) in [6.45, 7) is 1.42. The summed E-state index contributed by atoms with van der Waals surface area (Å²) in [6, 6.07) is 8.20. The molecule has 0 bridgehead atoms. The highest BCUT2D eigenvalue weighted by molar-refractivity contribution is 5.98. The minimum Gasteiger partial charge on any atom is -0.486 e. The van der Waals surface area contributed by atoms with E-state index in [1.54, 1.807) is 41.6 Å². The molecule has 1 aromatic heterocycles. The molecule has 1 saturated heterocycles. The van der Waals surface area contributed by atoms with E-state index in [0.29, 0.717) is 36.9 Å². The normalized spacial score (nSPS) is 18.5. The van der Waals surface area contributed by atoms with Gasteiger partial charge in [0.05, 0.1) is 6.04 Å². The Labute approximate surface area is 150 Å². The largest absolute Gasteiger partial charge is 0.486 e. The zero-order valence-corrected chi connectivity index (χ0v) is 14.0. The molecule has 0 radical (unpaired) electrons. The lowest BCUT2D eigenvalue weighted by atomic mass is 10.2. The number of benzene rings is 1. The van der Waals surface area contributed by atoms with Crippen LogP contribution in [0.15, 0.2) is 42.7 Å². The van der Waals surface area contributed by atoms with E-state index in [4.69, 9.17) is 9.47 Å². The number of fused-ring (bicyclic) bond motifs is 1. The molecule has 8 heteroatoms. The Bertz CT molecular complexity index is 827. The standard InChI is InChI=1S/C18H18N4O4/c23-17-9-13(21-18(24)20-12-3-5-19-6-4-12)11-22(17)14-1-2-15-16(10-14)26-8-7-25-15/h1-6,10,13H,7-9,11H2,(H2,19,20,21,24). The van der Waals surface area contributed by atoms with Crippen LogP contribution in [0, 0.1) is 0 Å². The number of carbonyl (C=O) groups excluding carboxylic acids is 2. The number of aromatic nitrogens is 1. The maximum absolute atomic E-state index is 12.4. The van der Waals surface area contributed by atoms with Crippen LogP contribution in [0.1, 0.15) is 6.42 Å². The van der Waals surface area contributed by atoms with Crippen molar-refractivity contribution in [2.45, 2.75) is 12.5 Å². The average Bonchev–Trinajstić information content (AvgIpc) is 3.02. The van der Waals surface area contributed by atoms with Gasteiger partial charge in [-0.2, -0.15) is 0 Å². The predicted octanol–water partition coefficient (Wildman–Crippen LogP) is 1.78. The van der Waals surface area contributed by atoms with E-state index in [0.717, 1.165) is 5.69 Å². The van der Waals surface area contributed by atoms with Crippen molar-refractivity contribution >= 4 is 23.3 Å². The van der Waals surface area contributed by atoms with E-state index in [-0.39, 0.29) is 24.4 Å². The summed E-state index contributed by atoms with van der Waals surface area (Å²) in [4.78, 5) is 30.0. The lowest BCUT2D eigenvalue weighted by molar-refractivity contribution is -0.117. The van der Waals surface area contributed by atoms with Gasteiger partial charge in [-0.05, 0) is 24.3 Å². The summed E-state index contributed by atoms with van der Waals surface area (Å²) in [5.74, 6) is 1.27. The molecule has 2 aliphatic rings. The number of carbonyl (C=O) groups is 2. The van der Waals surface area contributed by atoms with Crippen LogP contribution in [0.3, 0.4) is 0 Å². The van der Waals surface area contributed by atoms with Gasteiger partial charge in [0.15, 0.2) is 11.5 Å². The number of urea groups is 1. The number of rotatable bonds is 3.